The van der Waals surface area contributed by atoms with Crippen molar-refractivity contribution in [3.63, 3.8) is 0 Å². The lowest BCUT2D eigenvalue weighted by atomic mass is 10.0. The second-order valence-corrected chi connectivity index (χ2v) is 4.69. The fourth-order valence-corrected chi connectivity index (χ4v) is 2.15. The molecule has 0 amide bonds. The fourth-order valence-electron chi connectivity index (χ4n) is 2.15. The summed E-state index contributed by atoms with van der Waals surface area (Å²) in [5.74, 6) is 0.181. The van der Waals surface area contributed by atoms with Crippen LogP contribution in [0.5, 0.6) is 0 Å². The van der Waals surface area contributed by atoms with Gasteiger partial charge in [0.15, 0.2) is 5.69 Å². The predicted octanol–water partition coefficient (Wildman–Crippen LogP) is 1.35. The molecule has 1 aliphatic rings. The summed E-state index contributed by atoms with van der Waals surface area (Å²) in [6.45, 7) is 1.92. The van der Waals surface area contributed by atoms with Gasteiger partial charge < -0.3 is 14.8 Å². The first-order chi connectivity index (χ1) is 10.0. The van der Waals surface area contributed by atoms with Crippen LogP contribution < -0.4 is 5.32 Å². The van der Waals surface area contributed by atoms with Crippen molar-refractivity contribution in [1.29, 1.82) is 0 Å². The molecule has 2 rings (SSSR count). The minimum atomic E-state index is -4.46. The molecule has 21 heavy (non-hydrogen) atoms. The Hall–Kier alpha value is -1.25. The number of methoxy groups -OCH3 is 1. The van der Waals surface area contributed by atoms with Crippen LogP contribution in [0.3, 0.4) is 0 Å². The minimum Gasteiger partial charge on any atom is -0.382 e. The lowest BCUT2D eigenvalue weighted by Crippen LogP contribution is -2.29. The highest BCUT2D eigenvalue weighted by Crippen LogP contribution is 2.32. The number of nitrogens with zero attached hydrogens (tertiary/aromatic N) is 2. The molecule has 5 nitrogen and oxygen atoms in total. The topological polar surface area (TPSA) is 56.3 Å². The second-order valence-electron chi connectivity index (χ2n) is 4.69. The first kappa shape index (κ1) is 16.1. The number of fused-ring (bicyclic) bond motifs is 1. The summed E-state index contributed by atoms with van der Waals surface area (Å²) in [6.07, 6.45) is -3.72. The summed E-state index contributed by atoms with van der Waals surface area (Å²) in [5.41, 5.74) is -0.174. The van der Waals surface area contributed by atoms with Crippen molar-refractivity contribution in [3.8, 4) is 0 Å². The molecule has 1 aromatic rings. The largest absolute Gasteiger partial charge is 0.433 e. The average molecular weight is 305 g/mol. The molecule has 0 atom stereocenters. The normalized spacial score (nSPS) is 15.0. The predicted molar refractivity (Wildman–Crippen MR) is 68.8 cm³/mol. The third kappa shape index (κ3) is 4.36. The third-order valence-corrected chi connectivity index (χ3v) is 3.15. The van der Waals surface area contributed by atoms with E-state index in [0.717, 1.165) is 0 Å². The number of aromatic nitrogens is 2. The molecule has 2 heterocycles. The Kier molecular flexibility index (Phi) is 5.49. The molecule has 1 N–H and O–H groups in total. The van der Waals surface area contributed by atoms with E-state index in [9.17, 15) is 13.2 Å². The van der Waals surface area contributed by atoms with Crippen LogP contribution in [0, 0.1) is 0 Å². The van der Waals surface area contributed by atoms with Crippen LogP contribution >= 0.6 is 0 Å². The molecule has 0 aromatic carbocycles. The van der Waals surface area contributed by atoms with Crippen LogP contribution in [0.2, 0.25) is 0 Å². The molecule has 0 saturated heterocycles. The van der Waals surface area contributed by atoms with E-state index >= 15 is 0 Å². The van der Waals surface area contributed by atoms with E-state index in [2.05, 4.69) is 15.3 Å². The van der Waals surface area contributed by atoms with E-state index in [4.69, 9.17) is 9.47 Å². The maximum absolute atomic E-state index is 13.1. The quantitative estimate of drug-likeness (QED) is 0.804. The number of alkyl halides is 3. The van der Waals surface area contributed by atoms with Crippen LogP contribution in [0.1, 0.15) is 22.8 Å². The summed E-state index contributed by atoms with van der Waals surface area (Å²) in [7, 11) is 1.56. The summed E-state index contributed by atoms with van der Waals surface area (Å²) in [4.78, 5) is 7.93. The van der Waals surface area contributed by atoms with Gasteiger partial charge in [0.05, 0.1) is 25.5 Å². The van der Waals surface area contributed by atoms with Gasteiger partial charge in [0.1, 0.15) is 5.82 Å². The Labute approximate surface area is 120 Å². The Bertz CT molecular complexity index is 480. The van der Waals surface area contributed by atoms with E-state index in [0.29, 0.717) is 31.9 Å². The molecule has 8 heteroatoms. The van der Waals surface area contributed by atoms with Crippen molar-refractivity contribution in [1.82, 2.24) is 15.3 Å². The molecule has 1 aromatic heterocycles. The Morgan fingerprint density at radius 1 is 1.19 bits per heavy atom. The Morgan fingerprint density at radius 2 is 2.00 bits per heavy atom. The number of ether oxygens (including phenoxy) is 2. The van der Waals surface area contributed by atoms with Gasteiger partial charge >= 0.3 is 6.18 Å². The van der Waals surface area contributed by atoms with Gasteiger partial charge in [0.2, 0.25) is 0 Å². The second kappa shape index (κ2) is 7.15. The fraction of sp³-hybridized carbons (Fsp3) is 0.692. The number of rotatable bonds is 6. The summed E-state index contributed by atoms with van der Waals surface area (Å²) in [5, 5.41) is 2.92. The van der Waals surface area contributed by atoms with Crippen molar-refractivity contribution in [3.05, 3.63) is 22.8 Å². The number of nitrogens with one attached hydrogen (secondary N) is 1. The van der Waals surface area contributed by atoms with Crippen molar-refractivity contribution in [2.45, 2.75) is 25.6 Å². The van der Waals surface area contributed by atoms with Crippen molar-refractivity contribution in [2.75, 3.05) is 33.5 Å². The van der Waals surface area contributed by atoms with Gasteiger partial charge in [-0.3, -0.25) is 0 Å². The highest BCUT2D eigenvalue weighted by atomic mass is 19.4. The van der Waals surface area contributed by atoms with Crippen molar-refractivity contribution >= 4 is 0 Å². The molecular weight excluding hydrogens is 287 g/mol. The van der Waals surface area contributed by atoms with Crippen LogP contribution in [-0.2, 0) is 35.0 Å². The highest BCUT2D eigenvalue weighted by Gasteiger charge is 2.37. The maximum atomic E-state index is 13.1. The van der Waals surface area contributed by atoms with Gasteiger partial charge in [-0.15, -0.1) is 0 Å². The van der Waals surface area contributed by atoms with E-state index < -0.39 is 11.9 Å². The zero-order chi connectivity index (χ0) is 15.3. The number of hydrogen-bond donors (Lipinski definition) is 1. The van der Waals surface area contributed by atoms with E-state index in [-0.39, 0.29) is 31.0 Å². The van der Waals surface area contributed by atoms with Crippen LogP contribution in [0.15, 0.2) is 0 Å². The lowest BCUT2D eigenvalue weighted by Gasteiger charge is -2.21. The molecule has 0 radical (unpaired) electrons. The smallest absolute Gasteiger partial charge is 0.382 e. The van der Waals surface area contributed by atoms with Crippen molar-refractivity contribution < 1.29 is 22.6 Å². The summed E-state index contributed by atoms with van der Waals surface area (Å²) >= 11 is 0. The minimum absolute atomic E-state index is 0.162. The zero-order valence-electron chi connectivity index (χ0n) is 11.8. The van der Waals surface area contributed by atoms with Gasteiger partial charge in [-0.1, -0.05) is 0 Å². The maximum Gasteiger partial charge on any atom is 0.433 e. The van der Waals surface area contributed by atoms with Gasteiger partial charge in [0.25, 0.3) is 0 Å². The van der Waals surface area contributed by atoms with Crippen LogP contribution in [0.4, 0.5) is 13.2 Å². The van der Waals surface area contributed by atoms with Gasteiger partial charge in [-0.2, -0.15) is 13.2 Å². The SMILES string of the molecule is COCCOCCc1nc2c(c(C(F)(F)F)n1)CNCC2. The zero-order valence-corrected chi connectivity index (χ0v) is 11.8. The molecular formula is C13H18F3N3O2. The van der Waals surface area contributed by atoms with Gasteiger partial charge in [0, 0.05) is 38.6 Å². The molecule has 0 aliphatic carbocycles. The molecule has 0 bridgehead atoms. The van der Waals surface area contributed by atoms with E-state index in [1.54, 1.807) is 7.11 Å². The first-order valence-corrected chi connectivity index (χ1v) is 6.75. The number of hydrogen-bond acceptors (Lipinski definition) is 5. The average Bonchev–Trinajstić information content (AvgIpc) is 2.45. The molecule has 1 aliphatic heterocycles. The highest BCUT2D eigenvalue weighted by molar-refractivity contribution is 5.30. The van der Waals surface area contributed by atoms with Crippen molar-refractivity contribution in [2.24, 2.45) is 0 Å². The van der Waals surface area contributed by atoms with E-state index in [1.807, 2.05) is 0 Å². The molecule has 0 spiro atoms. The molecule has 0 unspecified atom stereocenters. The summed E-state index contributed by atoms with van der Waals surface area (Å²) < 4.78 is 49.3. The standard InChI is InChI=1S/C13H18F3N3O2/c1-20-6-7-21-5-3-11-18-10-2-4-17-8-9(10)12(19-11)13(14,15)16/h17H,2-8H2,1H3. The number of halogens is 3. The van der Waals surface area contributed by atoms with E-state index in [1.165, 1.54) is 0 Å². The third-order valence-electron chi connectivity index (χ3n) is 3.15. The summed E-state index contributed by atoms with van der Waals surface area (Å²) in [6, 6.07) is 0. The lowest BCUT2D eigenvalue weighted by molar-refractivity contribution is -0.142. The monoisotopic (exact) mass is 305 g/mol. The Morgan fingerprint density at radius 3 is 2.71 bits per heavy atom. The molecule has 0 saturated carbocycles. The Balaban J connectivity index is 2.11. The van der Waals surface area contributed by atoms with Gasteiger partial charge in [-0.05, 0) is 0 Å². The molecule has 118 valence electrons. The van der Waals surface area contributed by atoms with Crippen LogP contribution in [0.25, 0.3) is 0 Å². The van der Waals surface area contributed by atoms with Gasteiger partial charge in [-0.25, -0.2) is 9.97 Å². The molecule has 0 fully saturated rings. The first-order valence-electron chi connectivity index (χ1n) is 6.75. The van der Waals surface area contributed by atoms with Crippen LogP contribution in [-0.4, -0.2) is 43.4 Å².